The SMILES string of the molecule is Cc1nc(S(N)(=O)=NC(=O)[C@H](CC(C)C)NC(=O)OC(C)(C)C)cs1. The van der Waals surface area contributed by atoms with E-state index in [1.54, 1.807) is 27.7 Å². The van der Waals surface area contributed by atoms with Crippen LogP contribution in [0.15, 0.2) is 14.8 Å². The molecular formula is C15H26N4O4S2. The largest absolute Gasteiger partial charge is 0.444 e. The van der Waals surface area contributed by atoms with Gasteiger partial charge in [0.2, 0.25) is 0 Å². The van der Waals surface area contributed by atoms with Crippen molar-refractivity contribution in [3.05, 3.63) is 10.4 Å². The van der Waals surface area contributed by atoms with Gasteiger partial charge < -0.3 is 10.1 Å². The predicted molar refractivity (Wildman–Crippen MR) is 97.5 cm³/mol. The number of carbonyl (C=O) groups is 2. The predicted octanol–water partition coefficient (Wildman–Crippen LogP) is 2.62. The summed E-state index contributed by atoms with van der Waals surface area (Å²) in [7, 11) is -3.46. The lowest BCUT2D eigenvalue weighted by Crippen LogP contribution is -2.44. The fourth-order valence-electron chi connectivity index (χ4n) is 1.86. The number of ether oxygens (including phenoxy) is 1. The number of hydrogen-bond acceptors (Lipinski definition) is 6. The van der Waals surface area contributed by atoms with Gasteiger partial charge in [-0.25, -0.2) is 19.1 Å². The number of hydrogen-bond donors (Lipinski definition) is 2. The lowest BCUT2D eigenvalue weighted by Gasteiger charge is -2.23. The molecule has 1 unspecified atom stereocenters. The first-order chi connectivity index (χ1) is 11.3. The topological polar surface area (TPSA) is 124 Å². The van der Waals surface area contributed by atoms with E-state index in [0.29, 0.717) is 11.4 Å². The van der Waals surface area contributed by atoms with Crippen LogP contribution < -0.4 is 10.5 Å². The normalized spacial score (nSPS) is 15.4. The highest BCUT2D eigenvalue weighted by atomic mass is 32.2. The van der Waals surface area contributed by atoms with Crippen LogP contribution in [0.25, 0.3) is 0 Å². The molecule has 0 spiro atoms. The standard InChI is InChI=1S/C15H26N4O4S2/c1-9(2)7-11(18-14(21)23-15(4,5)6)13(20)19-25(16,22)12-8-24-10(3)17-12/h8-9,11H,7H2,1-6H3,(H,18,21)(H2,16,19,20,22)/t11-,25?/m0/s1. The van der Waals surface area contributed by atoms with E-state index in [1.165, 1.54) is 16.7 Å². The number of aryl methyl sites for hydroxylation is 1. The van der Waals surface area contributed by atoms with Gasteiger partial charge in [-0.3, -0.25) is 4.79 Å². The van der Waals surface area contributed by atoms with Gasteiger partial charge in [-0.2, -0.15) is 0 Å². The smallest absolute Gasteiger partial charge is 0.408 e. The number of thiazole rings is 1. The Bertz CT molecular complexity index is 743. The number of nitrogens with two attached hydrogens (primary N) is 1. The summed E-state index contributed by atoms with van der Waals surface area (Å²) < 4.78 is 21.3. The lowest BCUT2D eigenvalue weighted by molar-refractivity contribution is -0.120. The first-order valence-electron chi connectivity index (χ1n) is 7.80. The molecule has 0 bridgehead atoms. The van der Waals surface area contributed by atoms with Gasteiger partial charge in [0.25, 0.3) is 5.91 Å². The van der Waals surface area contributed by atoms with Crippen molar-refractivity contribution in [2.75, 3.05) is 0 Å². The first-order valence-corrected chi connectivity index (χ1v) is 10.3. The second-order valence-electron chi connectivity index (χ2n) is 7.03. The fourth-order valence-corrected chi connectivity index (χ4v) is 3.85. The molecule has 2 amide bonds. The average Bonchev–Trinajstić information content (AvgIpc) is 2.82. The monoisotopic (exact) mass is 390 g/mol. The average molecular weight is 391 g/mol. The number of amides is 2. The van der Waals surface area contributed by atoms with Crippen molar-refractivity contribution in [3.63, 3.8) is 0 Å². The van der Waals surface area contributed by atoms with Crippen molar-refractivity contribution in [3.8, 4) is 0 Å². The third-order valence-corrected chi connectivity index (χ3v) is 5.00. The molecule has 0 aromatic carbocycles. The molecule has 0 radical (unpaired) electrons. The molecule has 0 aliphatic carbocycles. The third kappa shape index (κ3) is 7.49. The molecule has 0 fully saturated rings. The van der Waals surface area contributed by atoms with Crippen molar-refractivity contribution < 1.29 is 18.5 Å². The Morgan fingerprint density at radius 1 is 1.44 bits per heavy atom. The summed E-state index contributed by atoms with van der Waals surface area (Å²) in [5.41, 5.74) is -0.702. The van der Waals surface area contributed by atoms with Gasteiger partial charge in [0.15, 0.2) is 14.9 Å². The quantitative estimate of drug-likeness (QED) is 0.800. The van der Waals surface area contributed by atoms with Gasteiger partial charge in [-0.05, 0) is 40.0 Å². The summed E-state index contributed by atoms with van der Waals surface area (Å²) in [5, 5.41) is 10.4. The molecule has 8 nitrogen and oxygen atoms in total. The highest BCUT2D eigenvalue weighted by molar-refractivity contribution is 7.91. The Labute approximate surface area is 152 Å². The van der Waals surface area contributed by atoms with Crippen LogP contribution in [0.5, 0.6) is 0 Å². The molecule has 1 rings (SSSR count). The molecule has 1 aromatic rings. The number of carbonyl (C=O) groups excluding carboxylic acids is 2. The van der Waals surface area contributed by atoms with E-state index in [0.717, 1.165) is 0 Å². The first kappa shape index (κ1) is 21.5. The highest BCUT2D eigenvalue weighted by Crippen LogP contribution is 2.15. The van der Waals surface area contributed by atoms with Gasteiger partial charge in [0.1, 0.15) is 11.6 Å². The molecule has 1 heterocycles. The molecule has 2 atom stereocenters. The maximum absolute atomic E-state index is 12.5. The summed E-state index contributed by atoms with van der Waals surface area (Å²) in [6, 6.07) is -0.973. The van der Waals surface area contributed by atoms with Gasteiger partial charge in [0.05, 0.1) is 5.01 Å². The molecule has 3 N–H and O–H groups in total. The van der Waals surface area contributed by atoms with Crippen LogP contribution in [0.4, 0.5) is 4.79 Å². The maximum Gasteiger partial charge on any atom is 0.408 e. The number of alkyl carbamates (subject to hydrolysis) is 1. The zero-order chi connectivity index (χ0) is 19.4. The number of aromatic nitrogens is 1. The molecule has 0 aliphatic rings. The summed E-state index contributed by atoms with van der Waals surface area (Å²) >= 11 is 1.26. The molecule has 0 saturated heterocycles. The Morgan fingerprint density at radius 3 is 2.48 bits per heavy atom. The van der Waals surface area contributed by atoms with E-state index < -0.39 is 33.6 Å². The van der Waals surface area contributed by atoms with Crippen LogP contribution in [0.3, 0.4) is 0 Å². The summed E-state index contributed by atoms with van der Waals surface area (Å²) in [5.74, 6) is -0.674. The minimum atomic E-state index is -3.46. The van der Waals surface area contributed by atoms with Gasteiger partial charge in [-0.15, -0.1) is 15.7 Å². The molecule has 0 aliphatic heterocycles. The van der Waals surface area contributed by atoms with Crippen LogP contribution in [0.2, 0.25) is 0 Å². The second-order valence-corrected chi connectivity index (χ2v) is 9.83. The Kier molecular flexibility index (Phi) is 7.09. The highest BCUT2D eigenvalue weighted by Gasteiger charge is 2.26. The van der Waals surface area contributed by atoms with Gasteiger partial charge in [-0.1, -0.05) is 13.8 Å². The van der Waals surface area contributed by atoms with Gasteiger partial charge >= 0.3 is 6.09 Å². The Morgan fingerprint density at radius 2 is 2.04 bits per heavy atom. The molecular weight excluding hydrogens is 364 g/mol. The number of rotatable bonds is 5. The molecule has 1 aromatic heterocycles. The zero-order valence-corrected chi connectivity index (χ0v) is 17.0. The van der Waals surface area contributed by atoms with Crippen molar-refractivity contribution >= 4 is 33.3 Å². The fraction of sp³-hybridized carbons (Fsp3) is 0.667. The molecule has 25 heavy (non-hydrogen) atoms. The van der Waals surface area contributed by atoms with Crippen molar-refractivity contribution in [1.29, 1.82) is 0 Å². The maximum atomic E-state index is 12.5. The van der Waals surface area contributed by atoms with Crippen LogP contribution in [-0.4, -0.2) is 32.8 Å². The van der Waals surface area contributed by atoms with Crippen molar-refractivity contribution in [2.24, 2.45) is 15.4 Å². The summed E-state index contributed by atoms with van der Waals surface area (Å²) in [4.78, 5) is 28.4. The van der Waals surface area contributed by atoms with Crippen LogP contribution in [0, 0.1) is 12.8 Å². The lowest BCUT2D eigenvalue weighted by atomic mass is 10.0. The minimum Gasteiger partial charge on any atom is -0.444 e. The number of nitrogens with one attached hydrogen (secondary N) is 1. The van der Waals surface area contributed by atoms with Crippen molar-refractivity contribution in [1.82, 2.24) is 10.3 Å². The van der Waals surface area contributed by atoms with E-state index in [-0.39, 0.29) is 10.9 Å². The van der Waals surface area contributed by atoms with E-state index >= 15 is 0 Å². The van der Waals surface area contributed by atoms with E-state index in [2.05, 4.69) is 14.7 Å². The van der Waals surface area contributed by atoms with E-state index in [4.69, 9.17) is 9.88 Å². The third-order valence-electron chi connectivity index (χ3n) is 2.82. The van der Waals surface area contributed by atoms with Gasteiger partial charge in [0, 0.05) is 5.38 Å². The van der Waals surface area contributed by atoms with E-state index in [9.17, 15) is 13.8 Å². The van der Waals surface area contributed by atoms with Crippen LogP contribution in [-0.2, 0) is 19.4 Å². The zero-order valence-electron chi connectivity index (χ0n) is 15.4. The summed E-state index contributed by atoms with van der Waals surface area (Å²) in [6.45, 7) is 10.7. The van der Waals surface area contributed by atoms with Crippen LogP contribution >= 0.6 is 11.3 Å². The Hall–Kier alpha value is -1.52. The molecule has 0 saturated carbocycles. The Balaban J connectivity index is 3.02. The minimum absolute atomic E-state index is 0.0592. The molecule has 10 heteroatoms. The molecule has 142 valence electrons. The second kappa shape index (κ2) is 8.24. The van der Waals surface area contributed by atoms with Crippen LogP contribution in [0.1, 0.15) is 46.0 Å². The number of nitrogens with zero attached hydrogens (tertiary/aromatic N) is 2. The summed E-state index contributed by atoms with van der Waals surface area (Å²) in [6.07, 6.45) is -0.428. The van der Waals surface area contributed by atoms with E-state index in [1.807, 2.05) is 13.8 Å². The van der Waals surface area contributed by atoms with Crippen molar-refractivity contribution in [2.45, 2.75) is 64.6 Å².